The molecule has 0 unspecified atom stereocenters. The zero-order chi connectivity index (χ0) is 11.7. The molecule has 9 nitrogen and oxygen atoms in total. The van der Waals surface area contributed by atoms with Crippen LogP contribution in [0.3, 0.4) is 0 Å². The van der Waals surface area contributed by atoms with Crippen molar-refractivity contribution >= 4 is 11.9 Å². The summed E-state index contributed by atoms with van der Waals surface area (Å²) in [6, 6.07) is 2.53. The Bertz CT molecular complexity index is 506. The van der Waals surface area contributed by atoms with Gasteiger partial charge in [-0.3, -0.25) is 0 Å². The van der Waals surface area contributed by atoms with Crippen LogP contribution in [0.5, 0.6) is 0 Å². The molecule has 0 bridgehead atoms. The molecule has 2 rings (SSSR count). The minimum absolute atomic E-state index is 0.0398. The van der Waals surface area contributed by atoms with Gasteiger partial charge in [-0.05, 0) is 11.0 Å². The van der Waals surface area contributed by atoms with Crippen molar-refractivity contribution in [1.82, 2.24) is 14.8 Å². The van der Waals surface area contributed by atoms with Crippen LogP contribution in [0.2, 0.25) is 0 Å². The summed E-state index contributed by atoms with van der Waals surface area (Å²) in [6.45, 7) is 0. The van der Waals surface area contributed by atoms with E-state index in [9.17, 15) is 14.9 Å². The van der Waals surface area contributed by atoms with E-state index in [0.29, 0.717) is 0 Å². The highest BCUT2D eigenvalue weighted by Gasteiger charge is 2.17. The van der Waals surface area contributed by atoms with Gasteiger partial charge in [0.2, 0.25) is 18.0 Å². The molecule has 0 radical (unpaired) electrons. The maximum atomic E-state index is 10.5. The van der Waals surface area contributed by atoms with Crippen molar-refractivity contribution in [2.24, 2.45) is 0 Å². The lowest BCUT2D eigenvalue weighted by molar-refractivity contribution is -0.394. The van der Waals surface area contributed by atoms with E-state index >= 15 is 0 Å². The number of hydrogen-bond donors (Lipinski definition) is 1. The normalized spacial score (nSPS) is 10.2. The summed E-state index contributed by atoms with van der Waals surface area (Å²) < 4.78 is 5.84. The molecule has 2 aromatic rings. The van der Waals surface area contributed by atoms with Crippen LogP contribution in [0.1, 0.15) is 10.6 Å². The average molecular weight is 224 g/mol. The van der Waals surface area contributed by atoms with Gasteiger partial charge >= 0.3 is 11.9 Å². The molecule has 0 aliphatic carbocycles. The number of carboxylic acids is 1. The van der Waals surface area contributed by atoms with Gasteiger partial charge in [-0.15, -0.1) is 4.68 Å². The van der Waals surface area contributed by atoms with Crippen molar-refractivity contribution in [3.8, 4) is 5.88 Å². The lowest BCUT2D eigenvalue weighted by Crippen LogP contribution is -1.96. The van der Waals surface area contributed by atoms with Crippen LogP contribution in [0, 0.1) is 10.1 Å². The number of nitro groups is 1. The number of aromatic carboxylic acids is 1. The highest BCUT2D eigenvalue weighted by Crippen LogP contribution is 2.13. The van der Waals surface area contributed by atoms with Crippen molar-refractivity contribution in [3.05, 3.63) is 34.3 Å². The fraction of sp³-hybridized carbons (Fsp3) is 0. The second kappa shape index (κ2) is 3.46. The van der Waals surface area contributed by atoms with Crippen LogP contribution in [0.25, 0.3) is 5.88 Å². The maximum Gasteiger partial charge on any atom is 0.491 e. The van der Waals surface area contributed by atoms with Crippen molar-refractivity contribution in [2.45, 2.75) is 0 Å². The number of carboxylic acid groups (broad SMARTS) is 1. The summed E-state index contributed by atoms with van der Waals surface area (Å²) in [5.41, 5.74) is 0. The Balaban J connectivity index is 2.35. The number of furan rings is 1. The van der Waals surface area contributed by atoms with E-state index in [2.05, 4.69) is 10.1 Å². The van der Waals surface area contributed by atoms with Gasteiger partial charge in [-0.1, -0.05) is 4.98 Å². The molecule has 0 amide bonds. The summed E-state index contributed by atoms with van der Waals surface area (Å²) >= 11 is 0. The van der Waals surface area contributed by atoms with E-state index in [1.54, 1.807) is 0 Å². The van der Waals surface area contributed by atoms with Gasteiger partial charge in [0.05, 0.1) is 0 Å². The molecule has 9 heteroatoms. The van der Waals surface area contributed by atoms with Crippen molar-refractivity contribution in [1.29, 1.82) is 0 Å². The molecule has 2 aromatic heterocycles. The Morgan fingerprint density at radius 2 is 2.31 bits per heavy atom. The largest absolute Gasteiger partial charge is 0.491 e. The molecule has 0 aromatic carbocycles. The lowest BCUT2D eigenvalue weighted by atomic mass is 10.5. The molecule has 0 aliphatic heterocycles. The van der Waals surface area contributed by atoms with E-state index in [1.165, 1.54) is 12.1 Å². The number of nitrogens with zero attached hydrogens (tertiary/aromatic N) is 4. The number of carbonyl (C=O) groups is 1. The third kappa shape index (κ3) is 1.61. The van der Waals surface area contributed by atoms with Crippen LogP contribution in [0.15, 0.2) is 22.9 Å². The van der Waals surface area contributed by atoms with E-state index < -0.39 is 16.8 Å². The summed E-state index contributed by atoms with van der Waals surface area (Å²) in [4.78, 5) is 23.4. The van der Waals surface area contributed by atoms with Crippen LogP contribution < -0.4 is 0 Å². The zero-order valence-corrected chi connectivity index (χ0v) is 7.60. The zero-order valence-electron chi connectivity index (χ0n) is 7.60. The summed E-state index contributed by atoms with van der Waals surface area (Å²) in [5.74, 6) is -2.07. The average Bonchev–Trinajstić information content (AvgIpc) is 2.86. The van der Waals surface area contributed by atoms with E-state index in [1.807, 2.05) is 0 Å². The second-order valence-electron chi connectivity index (χ2n) is 2.69. The summed E-state index contributed by atoms with van der Waals surface area (Å²) in [5, 5.41) is 22.4. The van der Waals surface area contributed by atoms with Crippen molar-refractivity contribution < 1.29 is 19.2 Å². The molecule has 16 heavy (non-hydrogen) atoms. The first-order valence-corrected chi connectivity index (χ1v) is 3.97. The van der Waals surface area contributed by atoms with Gasteiger partial charge in [0, 0.05) is 11.2 Å². The third-order valence-corrected chi connectivity index (χ3v) is 1.67. The standard InChI is InChI=1S/C7H4N4O5/c12-6(13)4-1-2-5(16-4)10-3-8-7(9-10)11(14)15/h1-3H,(H,12,13). The van der Waals surface area contributed by atoms with Crippen LogP contribution in [0.4, 0.5) is 5.95 Å². The monoisotopic (exact) mass is 224 g/mol. The van der Waals surface area contributed by atoms with Gasteiger partial charge in [0.1, 0.15) is 0 Å². The first kappa shape index (κ1) is 9.83. The van der Waals surface area contributed by atoms with Crippen LogP contribution in [-0.4, -0.2) is 30.8 Å². The highest BCUT2D eigenvalue weighted by molar-refractivity contribution is 5.84. The molecule has 0 saturated heterocycles. The Hall–Kier alpha value is -2.71. The molecular formula is C7H4N4O5. The molecule has 0 spiro atoms. The second-order valence-corrected chi connectivity index (χ2v) is 2.69. The van der Waals surface area contributed by atoms with Gasteiger partial charge in [0.25, 0.3) is 0 Å². The van der Waals surface area contributed by atoms with Gasteiger partial charge in [-0.2, -0.15) is 0 Å². The Morgan fingerprint density at radius 1 is 1.56 bits per heavy atom. The quantitative estimate of drug-likeness (QED) is 0.593. The topological polar surface area (TPSA) is 124 Å². The fourth-order valence-electron chi connectivity index (χ4n) is 1.01. The number of aromatic nitrogens is 3. The van der Waals surface area contributed by atoms with Gasteiger partial charge < -0.3 is 19.6 Å². The first-order chi connectivity index (χ1) is 7.58. The van der Waals surface area contributed by atoms with E-state index in [4.69, 9.17) is 9.52 Å². The van der Waals surface area contributed by atoms with Crippen LogP contribution in [-0.2, 0) is 0 Å². The summed E-state index contributed by atoms with van der Waals surface area (Å²) in [6.07, 6.45) is 1.06. The van der Waals surface area contributed by atoms with Crippen molar-refractivity contribution in [3.63, 3.8) is 0 Å². The van der Waals surface area contributed by atoms with Crippen LogP contribution >= 0.6 is 0 Å². The van der Waals surface area contributed by atoms with Gasteiger partial charge in [0.15, 0.2) is 0 Å². The summed E-state index contributed by atoms with van der Waals surface area (Å²) in [7, 11) is 0. The number of hydrogen-bond acceptors (Lipinski definition) is 6. The lowest BCUT2D eigenvalue weighted by Gasteiger charge is -1.88. The Morgan fingerprint density at radius 3 is 2.81 bits per heavy atom. The molecule has 0 fully saturated rings. The smallest absolute Gasteiger partial charge is 0.475 e. The van der Waals surface area contributed by atoms with E-state index in [-0.39, 0.29) is 11.6 Å². The van der Waals surface area contributed by atoms with E-state index in [0.717, 1.165) is 11.0 Å². The number of rotatable bonds is 3. The first-order valence-electron chi connectivity index (χ1n) is 3.97. The molecule has 2 heterocycles. The predicted molar refractivity (Wildman–Crippen MR) is 47.2 cm³/mol. The minimum Gasteiger partial charge on any atom is -0.475 e. The van der Waals surface area contributed by atoms with Gasteiger partial charge in [-0.25, -0.2) is 4.79 Å². The Labute approximate surface area is 87.1 Å². The molecule has 1 N–H and O–H groups in total. The van der Waals surface area contributed by atoms with Crippen molar-refractivity contribution in [2.75, 3.05) is 0 Å². The minimum atomic E-state index is -1.24. The SMILES string of the molecule is O=C(O)c1ccc(-n2cnc([N+](=O)[O-])n2)o1. The Kier molecular flexibility index (Phi) is 2.12. The maximum absolute atomic E-state index is 10.5. The predicted octanol–water partition coefficient (Wildman–Crippen LogP) is 0.467. The third-order valence-electron chi connectivity index (χ3n) is 1.67. The molecule has 0 saturated carbocycles. The molecule has 0 atom stereocenters. The molecule has 0 aliphatic rings. The molecular weight excluding hydrogens is 220 g/mol. The fourth-order valence-corrected chi connectivity index (χ4v) is 1.01. The highest BCUT2D eigenvalue weighted by atomic mass is 16.6. The molecule has 82 valence electrons.